The lowest BCUT2D eigenvalue weighted by atomic mass is 9.95. The summed E-state index contributed by atoms with van der Waals surface area (Å²) in [5.74, 6) is -1.83. The normalized spacial score (nSPS) is 17.1. The third kappa shape index (κ3) is 4.82. The number of rotatable bonds is 8. The zero-order valence-corrected chi connectivity index (χ0v) is 18.5. The molecule has 0 bridgehead atoms. The highest BCUT2D eigenvalue weighted by Crippen LogP contribution is 2.30. The Morgan fingerprint density at radius 1 is 1.19 bits per heavy atom. The van der Waals surface area contributed by atoms with Crippen LogP contribution in [0.5, 0.6) is 0 Å². The van der Waals surface area contributed by atoms with Gasteiger partial charge in [-0.3, -0.25) is 4.79 Å². The smallest absolute Gasteiger partial charge is 0.326 e. The van der Waals surface area contributed by atoms with Crippen LogP contribution in [0.4, 0.5) is 0 Å². The summed E-state index contributed by atoms with van der Waals surface area (Å²) in [5.41, 5.74) is 1.57. The Morgan fingerprint density at radius 3 is 2.50 bits per heavy atom. The molecule has 8 nitrogen and oxygen atoms in total. The number of carboxylic acids is 1. The fourth-order valence-corrected chi connectivity index (χ4v) is 5.53. The Kier molecular flexibility index (Phi) is 7.28. The lowest BCUT2D eigenvalue weighted by Crippen LogP contribution is -2.55. The Hall–Kier alpha value is -3.22. The summed E-state index contributed by atoms with van der Waals surface area (Å²) in [7, 11) is -4.21. The molecule has 0 aliphatic carbocycles. The number of fused-ring (bicyclic) bond motifs is 1. The fraction of sp³-hybridized carbons (Fsp3) is 0.348. The number of nitriles is 1. The molecule has 0 spiro atoms. The predicted molar refractivity (Wildman–Crippen MR) is 117 cm³/mol. The zero-order chi connectivity index (χ0) is 23.3. The first-order chi connectivity index (χ1) is 15.3. The van der Waals surface area contributed by atoms with Crippen molar-refractivity contribution < 1.29 is 23.1 Å². The minimum Gasteiger partial charge on any atom is -0.480 e. The van der Waals surface area contributed by atoms with Crippen molar-refractivity contribution in [2.24, 2.45) is 0 Å². The van der Waals surface area contributed by atoms with Gasteiger partial charge in [-0.1, -0.05) is 56.2 Å². The molecule has 168 valence electrons. The van der Waals surface area contributed by atoms with E-state index in [2.05, 4.69) is 5.32 Å². The number of aliphatic carboxylic acids is 1. The van der Waals surface area contributed by atoms with Gasteiger partial charge in [0.2, 0.25) is 15.9 Å². The Labute approximate surface area is 187 Å². The van der Waals surface area contributed by atoms with Crippen molar-refractivity contribution in [2.75, 3.05) is 0 Å². The second kappa shape index (κ2) is 9.94. The summed E-state index contributed by atoms with van der Waals surface area (Å²) in [6, 6.07) is 12.7. The van der Waals surface area contributed by atoms with Crippen LogP contribution >= 0.6 is 0 Å². The minimum absolute atomic E-state index is 0.0168. The van der Waals surface area contributed by atoms with Crippen LogP contribution in [0.25, 0.3) is 0 Å². The number of benzene rings is 2. The molecule has 32 heavy (non-hydrogen) atoms. The molecule has 0 fully saturated rings. The Bertz CT molecular complexity index is 1160. The van der Waals surface area contributed by atoms with E-state index in [-0.39, 0.29) is 29.8 Å². The van der Waals surface area contributed by atoms with Crippen LogP contribution in [-0.4, -0.2) is 41.8 Å². The highest BCUT2D eigenvalue weighted by atomic mass is 32.2. The third-order valence-corrected chi connectivity index (χ3v) is 7.48. The quantitative estimate of drug-likeness (QED) is 0.629. The topological polar surface area (TPSA) is 128 Å². The second-order valence-electron chi connectivity index (χ2n) is 7.69. The molecule has 1 unspecified atom stereocenters. The molecule has 2 N–H and O–H groups in total. The molecule has 2 atom stereocenters. The van der Waals surface area contributed by atoms with Gasteiger partial charge in [-0.15, -0.1) is 0 Å². The van der Waals surface area contributed by atoms with Gasteiger partial charge in [-0.2, -0.15) is 9.57 Å². The number of amides is 1. The van der Waals surface area contributed by atoms with Crippen molar-refractivity contribution in [3.05, 3.63) is 65.2 Å². The molecule has 2 aromatic carbocycles. The molecule has 1 aliphatic rings. The molecule has 1 aliphatic heterocycles. The fourth-order valence-electron chi connectivity index (χ4n) is 3.82. The first-order valence-corrected chi connectivity index (χ1v) is 11.8. The number of nitrogens with zero attached hydrogens (tertiary/aromatic N) is 2. The number of unbranched alkanes of at least 4 members (excludes halogenated alkanes) is 1. The highest BCUT2D eigenvalue weighted by molar-refractivity contribution is 7.89. The summed E-state index contributed by atoms with van der Waals surface area (Å²) < 4.78 is 28.2. The summed E-state index contributed by atoms with van der Waals surface area (Å²) in [6.07, 6.45) is 1.74. The van der Waals surface area contributed by atoms with Crippen molar-refractivity contribution in [3.8, 4) is 6.07 Å². The van der Waals surface area contributed by atoms with Crippen LogP contribution < -0.4 is 5.32 Å². The highest BCUT2D eigenvalue weighted by Gasteiger charge is 2.41. The standard InChI is InChI=1S/C23H25N3O5S/c1-2-3-11-19(23(28)29)25-22(27)20-13-16-8-4-5-10-18(16)15-26(20)32(30,31)21-12-7-6-9-17(21)14-24/h4-10,12,19-20H,2-3,11,13,15H2,1H3,(H,25,27)(H,28,29)/t19?,20-/m0/s1. The number of carboxylic acid groups (broad SMARTS) is 1. The van der Waals surface area contributed by atoms with Crippen molar-refractivity contribution in [2.45, 2.75) is 56.1 Å². The molecule has 9 heteroatoms. The first kappa shape index (κ1) is 23.4. The molecule has 3 rings (SSSR count). The van der Waals surface area contributed by atoms with Crippen molar-refractivity contribution in [3.63, 3.8) is 0 Å². The average molecular weight is 456 g/mol. The van der Waals surface area contributed by atoms with E-state index in [0.717, 1.165) is 21.9 Å². The Morgan fingerprint density at radius 2 is 1.84 bits per heavy atom. The summed E-state index contributed by atoms with van der Waals surface area (Å²) in [5, 5.41) is 21.4. The van der Waals surface area contributed by atoms with E-state index in [1.165, 1.54) is 18.2 Å². The van der Waals surface area contributed by atoms with Crippen molar-refractivity contribution in [1.29, 1.82) is 5.26 Å². The van der Waals surface area contributed by atoms with Gasteiger partial charge in [0, 0.05) is 6.54 Å². The van der Waals surface area contributed by atoms with Gasteiger partial charge in [-0.05, 0) is 36.1 Å². The molecular weight excluding hydrogens is 430 g/mol. The maximum Gasteiger partial charge on any atom is 0.326 e. The SMILES string of the molecule is CCCCC(NC(=O)[C@@H]1Cc2ccccc2CN1S(=O)(=O)c1ccccc1C#N)C(=O)O. The van der Waals surface area contributed by atoms with Gasteiger partial charge >= 0.3 is 5.97 Å². The van der Waals surface area contributed by atoms with E-state index in [0.29, 0.717) is 6.42 Å². The number of sulfonamides is 1. The first-order valence-electron chi connectivity index (χ1n) is 10.4. The number of carbonyl (C=O) groups is 2. The van der Waals surface area contributed by atoms with E-state index < -0.39 is 34.0 Å². The van der Waals surface area contributed by atoms with E-state index in [1.54, 1.807) is 18.2 Å². The van der Waals surface area contributed by atoms with Crippen LogP contribution in [0.1, 0.15) is 42.9 Å². The molecule has 0 aromatic heterocycles. The van der Waals surface area contributed by atoms with E-state index in [9.17, 15) is 28.4 Å². The van der Waals surface area contributed by atoms with Crippen molar-refractivity contribution >= 4 is 21.9 Å². The molecule has 1 amide bonds. The monoisotopic (exact) mass is 455 g/mol. The van der Waals surface area contributed by atoms with E-state index in [4.69, 9.17) is 0 Å². The third-order valence-electron chi connectivity index (χ3n) is 5.56. The van der Waals surface area contributed by atoms with Crippen LogP contribution in [0.2, 0.25) is 0 Å². The number of nitrogens with one attached hydrogen (secondary N) is 1. The number of hydrogen-bond donors (Lipinski definition) is 2. The van der Waals surface area contributed by atoms with Gasteiger partial charge < -0.3 is 10.4 Å². The van der Waals surface area contributed by atoms with Crippen LogP contribution in [0.15, 0.2) is 53.4 Å². The molecule has 1 heterocycles. The maximum atomic E-state index is 13.6. The average Bonchev–Trinajstić information content (AvgIpc) is 2.80. The molecule has 0 radical (unpaired) electrons. The summed E-state index contributed by atoms with van der Waals surface area (Å²) in [6.45, 7) is 1.86. The van der Waals surface area contributed by atoms with Gasteiger partial charge in [0.05, 0.1) is 10.5 Å². The molecule has 0 saturated carbocycles. The zero-order valence-electron chi connectivity index (χ0n) is 17.7. The molecule has 2 aromatic rings. The van der Waals surface area contributed by atoms with Crippen LogP contribution in [-0.2, 0) is 32.6 Å². The van der Waals surface area contributed by atoms with E-state index in [1.807, 2.05) is 25.1 Å². The van der Waals surface area contributed by atoms with Gasteiger partial charge in [0.25, 0.3) is 0 Å². The number of carbonyl (C=O) groups excluding carboxylic acids is 1. The number of hydrogen-bond acceptors (Lipinski definition) is 5. The van der Waals surface area contributed by atoms with Gasteiger partial charge in [0.15, 0.2) is 0 Å². The largest absolute Gasteiger partial charge is 0.480 e. The maximum absolute atomic E-state index is 13.6. The lowest BCUT2D eigenvalue weighted by Gasteiger charge is -2.35. The molecule has 0 saturated heterocycles. The summed E-state index contributed by atoms with van der Waals surface area (Å²) >= 11 is 0. The Balaban J connectivity index is 2.01. The van der Waals surface area contributed by atoms with Crippen molar-refractivity contribution in [1.82, 2.24) is 9.62 Å². The van der Waals surface area contributed by atoms with Gasteiger partial charge in [0.1, 0.15) is 18.2 Å². The van der Waals surface area contributed by atoms with Crippen LogP contribution in [0.3, 0.4) is 0 Å². The second-order valence-corrected chi connectivity index (χ2v) is 9.55. The lowest BCUT2D eigenvalue weighted by molar-refractivity contribution is -0.142. The summed E-state index contributed by atoms with van der Waals surface area (Å²) in [4.78, 5) is 24.6. The predicted octanol–water partition coefficient (Wildman–Crippen LogP) is 2.43. The minimum atomic E-state index is -4.21. The van der Waals surface area contributed by atoms with Gasteiger partial charge in [-0.25, -0.2) is 13.2 Å². The van der Waals surface area contributed by atoms with Crippen LogP contribution in [0, 0.1) is 11.3 Å². The molecular formula is C23H25N3O5S. The van der Waals surface area contributed by atoms with E-state index >= 15 is 0 Å².